The topological polar surface area (TPSA) is 125 Å². The Bertz CT molecular complexity index is 1180. The van der Waals surface area contributed by atoms with Crippen molar-refractivity contribution in [1.29, 1.82) is 0 Å². The standard InChI is InChI=1S/C20H22FN5O5S/c1-20(2,3)29-18(27)22-8-9-32-17-15(23-31-25-17)16-24-30-19(28)26(16)14-7-5-11-4-6-12(21)10-13(11)14/h4,6,10,14H,5,7-9H2,1-3H3,(H,22,27)/t14-/m0/s1. The van der Waals surface area contributed by atoms with Crippen LogP contribution >= 0.6 is 11.8 Å². The summed E-state index contributed by atoms with van der Waals surface area (Å²) in [5.41, 5.74) is 1.34. The number of fused-ring (bicyclic) bond motifs is 1. The van der Waals surface area contributed by atoms with Gasteiger partial charge >= 0.3 is 11.8 Å². The van der Waals surface area contributed by atoms with Gasteiger partial charge in [0.2, 0.25) is 5.82 Å². The van der Waals surface area contributed by atoms with Crippen molar-refractivity contribution in [2.75, 3.05) is 12.3 Å². The number of rotatable bonds is 6. The van der Waals surface area contributed by atoms with Gasteiger partial charge in [-0.05, 0) is 67.2 Å². The van der Waals surface area contributed by atoms with Crippen LogP contribution in [0.2, 0.25) is 0 Å². The highest BCUT2D eigenvalue weighted by Crippen LogP contribution is 2.37. The van der Waals surface area contributed by atoms with Gasteiger partial charge in [-0.2, -0.15) is 0 Å². The number of halogens is 1. The third kappa shape index (κ3) is 4.69. The number of amides is 1. The Morgan fingerprint density at radius 2 is 2.16 bits per heavy atom. The van der Waals surface area contributed by atoms with Crippen molar-refractivity contribution in [1.82, 2.24) is 25.4 Å². The first-order valence-corrected chi connectivity index (χ1v) is 11.0. The lowest BCUT2D eigenvalue weighted by Gasteiger charge is -2.19. The van der Waals surface area contributed by atoms with Crippen LogP contribution in [0.25, 0.3) is 11.5 Å². The highest BCUT2D eigenvalue weighted by molar-refractivity contribution is 7.99. The zero-order valence-corrected chi connectivity index (χ0v) is 18.6. The van der Waals surface area contributed by atoms with Crippen LogP contribution in [0.15, 0.2) is 37.2 Å². The van der Waals surface area contributed by atoms with Crippen LogP contribution in [0, 0.1) is 5.82 Å². The lowest BCUT2D eigenvalue weighted by Crippen LogP contribution is -2.33. The molecule has 1 atom stereocenters. The SMILES string of the molecule is CC(C)(C)OC(=O)NCCSc1nonc1-c1noc(=O)n1[C@H]1CCc2ccc(F)cc21. The van der Waals surface area contributed by atoms with Crippen molar-refractivity contribution in [2.45, 2.75) is 50.3 Å². The van der Waals surface area contributed by atoms with Gasteiger partial charge in [0, 0.05) is 12.3 Å². The van der Waals surface area contributed by atoms with Crippen LogP contribution in [-0.2, 0) is 11.2 Å². The number of nitrogens with one attached hydrogen (secondary N) is 1. The number of aryl methyl sites for hydroxylation is 1. The van der Waals surface area contributed by atoms with Crippen LogP contribution in [0.3, 0.4) is 0 Å². The maximum atomic E-state index is 13.8. The predicted molar refractivity (Wildman–Crippen MR) is 112 cm³/mol. The molecule has 2 aromatic heterocycles. The van der Waals surface area contributed by atoms with Gasteiger partial charge in [0.05, 0.1) is 6.04 Å². The maximum absolute atomic E-state index is 13.8. The monoisotopic (exact) mass is 463 g/mol. The van der Waals surface area contributed by atoms with Gasteiger partial charge in [0.15, 0.2) is 10.7 Å². The van der Waals surface area contributed by atoms with Gasteiger partial charge in [0.25, 0.3) is 0 Å². The lowest BCUT2D eigenvalue weighted by molar-refractivity contribution is 0.0531. The Morgan fingerprint density at radius 1 is 1.34 bits per heavy atom. The van der Waals surface area contributed by atoms with Crippen LogP contribution in [-0.4, -0.2) is 44.0 Å². The van der Waals surface area contributed by atoms with Gasteiger partial charge in [-0.1, -0.05) is 23.0 Å². The number of thioether (sulfide) groups is 1. The summed E-state index contributed by atoms with van der Waals surface area (Å²) >= 11 is 1.26. The number of benzene rings is 1. The van der Waals surface area contributed by atoms with E-state index in [2.05, 4.69) is 20.8 Å². The quantitative estimate of drug-likeness (QED) is 0.433. The van der Waals surface area contributed by atoms with E-state index in [0.717, 1.165) is 5.56 Å². The Balaban J connectivity index is 1.50. The number of alkyl carbamates (subject to hydrolysis) is 1. The summed E-state index contributed by atoms with van der Waals surface area (Å²) in [5.74, 6) is -0.452. The van der Waals surface area contributed by atoms with Crippen molar-refractivity contribution >= 4 is 17.9 Å². The van der Waals surface area contributed by atoms with Gasteiger partial charge in [0.1, 0.15) is 11.4 Å². The highest BCUT2D eigenvalue weighted by atomic mass is 32.2. The molecule has 1 aliphatic rings. The fraction of sp³-hybridized carbons (Fsp3) is 0.450. The maximum Gasteiger partial charge on any atom is 0.442 e. The molecule has 0 bridgehead atoms. The van der Waals surface area contributed by atoms with E-state index in [4.69, 9.17) is 13.9 Å². The molecule has 0 unspecified atom stereocenters. The van der Waals surface area contributed by atoms with Crippen LogP contribution in [0.4, 0.5) is 9.18 Å². The van der Waals surface area contributed by atoms with Crippen molar-refractivity contribution in [3.05, 3.63) is 45.7 Å². The number of nitrogens with zero attached hydrogens (tertiary/aromatic N) is 4. The molecule has 1 amide bonds. The lowest BCUT2D eigenvalue weighted by atomic mass is 10.1. The molecule has 1 N–H and O–H groups in total. The van der Waals surface area contributed by atoms with E-state index in [1.54, 1.807) is 26.8 Å². The van der Waals surface area contributed by atoms with E-state index in [1.807, 2.05) is 0 Å². The normalized spacial score (nSPS) is 15.6. The van der Waals surface area contributed by atoms with Gasteiger partial charge in [-0.25, -0.2) is 23.2 Å². The third-order valence-electron chi connectivity index (χ3n) is 4.78. The van der Waals surface area contributed by atoms with E-state index in [1.165, 1.54) is 28.5 Å². The number of aromatic nitrogens is 4. The van der Waals surface area contributed by atoms with Crippen LogP contribution < -0.4 is 11.1 Å². The molecular formula is C20H22FN5O5S. The van der Waals surface area contributed by atoms with E-state index in [-0.39, 0.29) is 17.3 Å². The number of carbonyl (C=O) groups excluding carboxylic acids is 1. The highest BCUT2D eigenvalue weighted by Gasteiger charge is 2.32. The van der Waals surface area contributed by atoms with Gasteiger partial charge in [-0.3, -0.25) is 4.52 Å². The molecule has 10 nitrogen and oxygen atoms in total. The molecule has 0 radical (unpaired) electrons. The number of hydrogen-bond donors (Lipinski definition) is 1. The minimum atomic E-state index is -0.673. The smallest absolute Gasteiger partial charge is 0.442 e. The molecule has 12 heteroatoms. The molecule has 170 valence electrons. The van der Waals surface area contributed by atoms with E-state index in [9.17, 15) is 14.0 Å². The summed E-state index contributed by atoms with van der Waals surface area (Å²) in [6, 6.07) is 4.12. The van der Waals surface area contributed by atoms with E-state index < -0.39 is 23.5 Å². The Morgan fingerprint density at radius 3 is 2.94 bits per heavy atom. The average Bonchev–Trinajstić information content (AvgIpc) is 3.41. The molecule has 0 aliphatic heterocycles. The first-order chi connectivity index (χ1) is 15.2. The number of ether oxygens (including phenoxy) is 1. The molecule has 1 aromatic carbocycles. The zero-order valence-electron chi connectivity index (χ0n) is 17.8. The largest absolute Gasteiger partial charge is 0.444 e. The number of hydrogen-bond acceptors (Lipinski definition) is 9. The van der Waals surface area contributed by atoms with Crippen molar-refractivity contribution in [2.24, 2.45) is 0 Å². The molecule has 0 fully saturated rings. The first kappa shape index (κ1) is 22.1. The molecule has 4 rings (SSSR count). The Hall–Kier alpha value is -3.15. The minimum Gasteiger partial charge on any atom is -0.444 e. The fourth-order valence-corrected chi connectivity index (χ4v) is 4.28. The summed E-state index contributed by atoms with van der Waals surface area (Å²) in [6.45, 7) is 5.66. The van der Waals surface area contributed by atoms with Gasteiger partial charge in [-0.15, -0.1) is 0 Å². The van der Waals surface area contributed by atoms with E-state index in [0.29, 0.717) is 35.7 Å². The average molecular weight is 463 g/mol. The zero-order chi connectivity index (χ0) is 22.9. The second-order valence-electron chi connectivity index (χ2n) is 8.23. The summed E-state index contributed by atoms with van der Waals surface area (Å²) in [6.07, 6.45) is 0.779. The summed E-state index contributed by atoms with van der Waals surface area (Å²) < 4.78 is 30.1. The molecule has 2 heterocycles. The summed E-state index contributed by atoms with van der Waals surface area (Å²) in [7, 11) is 0. The molecule has 0 spiro atoms. The van der Waals surface area contributed by atoms with Crippen LogP contribution in [0.1, 0.15) is 44.4 Å². The van der Waals surface area contributed by atoms with Crippen molar-refractivity contribution < 1.29 is 23.1 Å². The molecule has 0 saturated heterocycles. The van der Waals surface area contributed by atoms with Crippen LogP contribution in [0.5, 0.6) is 0 Å². The minimum absolute atomic E-state index is 0.154. The summed E-state index contributed by atoms with van der Waals surface area (Å²) in [4.78, 5) is 24.2. The van der Waals surface area contributed by atoms with Gasteiger partial charge < -0.3 is 10.1 Å². The number of carbonyl (C=O) groups is 1. The second kappa shape index (κ2) is 8.77. The third-order valence-corrected chi connectivity index (χ3v) is 5.73. The van der Waals surface area contributed by atoms with Crippen molar-refractivity contribution in [3.63, 3.8) is 0 Å². The predicted octanol–water partition coefficient (Wildman–Crippen LogP) is 3.18. The summed E-state index contributed by atoms with van der Waals surface area (Å²) in [5, 5.41) is 14.7. The first-order valence-electron chi connectivity index (χ1n) is 10.0. The molecular weight excluding hydrogens is 441 g/mol. The molecule has 0 saturated carbocycles. The fourth-order valence-electron chi connectivity index (χ4n) is 3.54. The Labute approximate surface area is 186 Å². The van der Waals surface area contributed by atoms with Crippen molar-refractivity contribution in [3.8, 4) is 11.5 Å². The molecule has 3 aromatic rings. The second-order valence-corrected chi connectivity index (χ2v) is 9.32. The molecule has 32 heavy (non-hydrogen) atoms. The molecule has 1 aliphatic carbocycles. The van der Waals surface area contributed by atoms with E-state index >= 15 is 0 Å². The Kier molecular flexibility index (Phi) is 6.04.